The topological polar surface area (TPSA) is 15.3 Å². The van der Waals surface area contributed by atoms with E-state index in [1.807, 2.05) is 0 Å². The van der Waals surface area contributed by atoms with Gasteiger partial charge in [-0.05, 0) is 26.8 Å². The molecule has 2 rings (SSSR count). The van der Waals surface area contributed by atoms with Crippen LogP contribution in [0.5, 0.6) is 0 Å². The highest BCUT2D eigenvalue weighted by atomic mass is 15.3. The van der Waals surface area contributed by atoms with E-state index < -0.39 is 0 Å². The van der Waals surface area contributed by atoms with Crippen LogP contribution in [-0.2, 0) is 0 Å². The fourth-order valence-corrected chi connectivity index (χ4v) is 1.92. The van der Waals surface area contributed by atoms with Gasteiger partial charge in [0, 0.05) is 24.7 Å². The highest BCUT2D eigenvalue weighted by Gasteiger charge is 2.49. The molecule has 1 aliphatic heterocycles. The molecule has 2 fully saturated rings. The Labute approximate surface area is 62.6 Å². The highest BCUT2D eigenvalue weighted by Crippen LogP contribution is 2.42. The number of nitrogens with one attached hydrogen (secondary N) is 1. The molecule has 0 amide bonds. The minimum Gasteiger partial charge on any atom is -0.313 e. The van der Waals surface area contributed by atoms with Crippen LogP contribution in [-0.4, -0.2) is 36.6 Å². The molecule has 1 heterocycles. The van der Waals surface area contributed by atoms with Gasteiger partial charge in [-0.15, -0.1) is 0 Å². The Morgan fingerprint density at radius 1 is 1.50 bits per heavy atom. The van der Waals surface area contributed by atoms with Crippen molar-refractivity contribution in [2.24, 2.45) is 0 Å². The van der Waals surface area contributed by atoms with Crippen LogP contribution in [0.4, 0.5) is 0 Å². The summed E-state index contributed by atoms with van der Waals surface area (Å²) in [7, 11) is 2.26. The summed E-state index contributed by atoms with van der Waals surface area (Å²) in [4.78, 5) is 2.55. The quantitative estimate of drug-likeness (QED) is 0.525. The third-order valence-corrected chi connectivity index (χ3v) is 3.13. The summed E-state index contributed by atoms with van der Waals surface area (Å²) < 4.78 is 0. The van der Waals surface area contributed by atoms with Gasteiger partial charge in [-0.2, -0.15) is 0 Å². The Morgan fingerprint density at radius 2 is 2.20 bits per heavy atom. The third-order valence-electron chi connectivity index (χ3n) is 3.13. The van der Waals surface area contributed by atoms with Crippen LogP contribution in [0.1, 0.15) is 19.8 Å². The van der Waals surface area contributed by atoms with Gasteiger partial charge < -0.3 is 5.32 Å². The summed E-state index contributed by atoms with van der Waals surface area (Å²) in [5.41, 5.74) is 0.581. The van der Waals surface area contributed by atoms with E-state index in [1.165, 1.54) is 19.4 Å². The summed E-state index contributed by atoms with van der Waals surface area (Å²) in [6, 6.07) is 0.733. The van der Waals surface area contributed by atoms with Crippen LogP contribution < -0.4 is 5.32 Å². The molecule has 1 atom stereocenters. The molecule has 0 aromatic heterocycles. The van der Waals surface area contributed by atoms with Crippen molar-refractivity contribution in [1.29, 1.82) is 0 Å². The normalized spacial score (nSPS) is 38.4. The highest BCUT2D eigenvalue weighted by molar-refractivity contribution is 5.08. The van der Waals surface area contributed by atoms with Crippen molar-refractivity contribution in [2.45, 2.75) is 31.3 Å². The molecule has 2 aliphatic rings. The lowest BCUT2D eigenvalue weighted by molar-refractivity contribution is 0.123. The zero-order valence-corrected chi connectivity index (χ0v) is 6.85. The maximum absolute atomic E-state index is 3.48. The van der Waals surface area contributed by atoms with E-state index in [0.717, 1.165) is 12.6 Å². The lowest BCUT2D eigenvalue weighted by Crippen LogP contribution is -2.56. The number of hydrogen-bond acceptors (Lipinski definition) is 2. The van der Waals surface area contributed by atoms with E-state index in [0.29, 0.717) is 5.54 Å². The minimum absolute atomic E-state index is 0.581. The summed E-state index contributed by atoms with van der Waals surface area (Å²) in [5, 5.41) is 3.48. The van der Waals surface area contributed by atoms with Crippen molar-refractivity contribution in [2.75, 3.05) is 20.1 Å². The van der Waals surface area contributed by atoms with E-state index in [4.69, 9.17) is 0 Å². The van der Waals surface area contributed by atoms with E-state index >= 15 is 0 Å². The van der Waals surface area contributed by atoms with E-state index in [1.54, 1.807) is 0 Å². The molecular weight excluding hydrogens is 124 g/mol. The molecule has 0 bridgehead atoms. The van der Waals surface area contributed by atoms with Gasteiger partial charge in [0.25, 0.3) is 0 Å². The second-order valence-corrected chi connectivity index (χ2v) is 3.82. The molecule has 0 aromatic carbocycles. The molecule has 10 heavy (non-hydrogen) atoms. The van der Waals surface area contributed by atoms with Crippen molar-refractivity contribution >= 4 is 0 Å². The monoisotopic (exact) mass is 140 g/mol. The summed E-state index contributed by atoms with van der Waals surface area (Å²) in [6.45, 7) is 4.68. The molecule has 0 aromatic rings. The van der Waals surface area contributed by atoms with E-state index in [-0.39, 0.29) is 0 Å². The SMILES string of the molecule is CC1CNCC2(CC2)N1C. The number of piperazine rings is 1. The Morgan fingerprint density at radius 3 is 2.70 bits per heavy atom. The number of nitrogens with zero attached hydrogens (tertiary/aromatic N) is 1. The molecule has 2 nitrogen and oxygen atoms in total. The van der Waals surface area contributed by atoms with Crippen LogP contribution in [0.15, 0.2) is 0 Å². The Kier molecular flexibility index (Phi) is 1.29. The standard InChI is InChI=1S/C8H16N2/c1-7-5-9-6-8(3-4-8)10(7)2/h7,9H,3-6H2,1-2H3. The number of likely N-dealkylation sites (N-methyl/N-ethyl adjacent to an activating group) is 1. The zero-order valence-electron chi connectivity index (χ0n) is 6.85. The molecule has 1 N–H and O–H groups in total. The van der Waals surface area contributed by atoms with Crippen LogP contribution in [0.3, 0.4) is 0 Å². The van der Waals surface area contributed by atoms with E-state index in [9.17, 15) is 0 Å². The van der Waals surface area contributed by atoms with Crippen LogP contribution in [0.25, 0.3) is 0 Å². The van der Waals surface area contributed by atoms with Crippen LogP contribution in [0.2, 0.25) is 0 Å². The lowest BCUT2D eigenvalue weighted by atomic mass is 10.1. The molecule has 1 unspecified atom stereocenters. The fraction of sp³-hybridized carbons (Fsp3) is 1.00. The third kappa shape index (κ3) is 0.789. The maximum atomic E-state index is 3.48. The van der Waals surface area contributed by atoms with Gasteiger partial charge >= 0.3 is 0 Å². The molecule has 1 saturated heterocycles. The van der Waals surface area contributed by atoms with Crippen molar-refractivity contribution in [3.05, 3.63) is 0 Å². The van der Waals surface area contributed by atoms with Gasteiger partial charge in [-0.25, -0.2) is 0 Å². The minimum atomic E-state index is 0.581. The number of rotatable bonds is 0. The number of hydrogen-bond donors (Lipinski definition) is 1. The largest absolute Gasteiger partial charge is 0.313 e. The second kappa shape index (κ2) is 1.95. The first-order valence-electron chi connectivity index (χ1n) is 4.18. The molecule has 0 radical (unpaired) electrons. The zero-order chi connectivity index (χ0) is 7.19. The van der Waals surface area contributed by atoms with Crippen molar-refractivity contribution in [1.82, 2.24) is 10.2 Å². The fourth-order valence-electron chi connectivity index (χ4n) is 1.92. The predicted molar refractivity (Wildman–Crippen MR) is 42.1 cm³/mol. The second-order valence-electron chi connectivity index (χ2n) is 3.82. The van der Waals surface area contributed by atoms with Gasteiger partial charge in [0.05, 0.1) is 0 Å². The molecule has 1 spiro atoms. The average molecular weight is 140 g/mol. The molecule has 1 aliphatic carbocycles. The molecule has 2 heteroatoms. The first-order chi connectivity index (χ1) is 4.75. The van der Waals surface area contributed by atoms with Gasteiger partial charge in [-0.3, -0.25) is 4.90 Å². The van der Waals surface area contributed by atoms with Crippen molar-refractivity contribution in [3.63, 3.8) is 0 Å². The van der Waals surface area contributed by atoms with Crippen LogP contribution in [0, 0.1) is 0 Å². The lowest BCUT2D eigenvalue weighted by Gasteiger charge is -2.38. The Bertz CT molecular complexity index is 140. The average Bonchev–Trinajstić information content (AvgIpc) is 2.65. The first kappa shape index (κ1) is 6.62. The molecule has 58 valence electrons. The first-order valence-corrected chi connectivity index (χ1v) is 4.18. The Hall–Kier alpha value is -0.0800. The van der Waals surface area contributed by atoms with Crippen molar-refractivity contribution in [3.8, 4) is 0 Å². The van der Waals surface area contributed by atoms with Crippen molar-refractivity contribution < 1.29 is 0 Å². The van der Waals surface area contributed by atoms with Gasteiger partial charge in [0.1, 0.15) is 0 Å². The van der Waals surface area contributed by atoms with Crippen LogP contribution >= 0.6 is 0 Å². The predicted octanol–water partition coefficient (Wildman–Crippen LogP) is 0.442. The van der Waals surface area contributed by atoms with Gasteiger partial charge in [-0.1, -0.05) is 0 Å². The summed E-state index contributed by atoms with van der Waals surface area (Å²) in [5.74, 6) is 0. The van der Waals surface area contributed by atoms with Gasteiger partial charge in [0.15, 0.2) is 0 Å². The molecule has 1 saturated carbocycles. The Balaban J connectivity index is 2.07. The summed E-state index contributed by atoms with van der Waals surface area (Å²) in [6.07, 6.45) is 2.81. The van der Waals surface area contributed by atoms with Gasteiger partial charge in [0.2, 0.25) is 0 Å². The molecular formula is C8H16N2. The van der Waals surface area contributed by atoms with E-state index in [2.05, 4.69) is 24.2 Å². The smallest absolute Gasteiger partial charge is 0.0335 e. The summed E-state index contributed by atoms with van der Waals surface area (Å²) >= 11 is 0. The maximum Gasteiger partial charge on any atom is 0.0335 e.